The molecule has 0 spiro atoms. The number of aliphatic hydroxyl groups excluding tert-OH is 1. The third-order valence-corrected chi connectivity index (χ3v) is 3.41. The van der Waals surface area contributed by atoms with Gasteiger partial charge in [-0.25, -0.2) is 5.84 Å². The topological polar surface area (TPSA) is 108 Å². The Hall–Kier alpha value is -2.54. The molecule has 0 aromatic heterocycles. The van der Waals surface area contributed by atoms with Crippen molar-refractivity contribution in [3.05, 3.63) is 47.4 Å². The number of aliphatic hydroxyl groups is 1. The summed E-state index contributed by atoms with van der Waals surface area (Å²) in [6.07, 6.45) is 0.676. The zero-order chi connectivity index (χ0) is 16.7. The average Bonchev–Trinajstić information content (AvgIpc) is 2.55. The highest BCUT2D eigenvalue weighted by molar-refractivity contribution is 6.18. The van der Waals surface area contributed by atoms with Crippen molar-refractivity contribution in [1.82, 2.24) is 15.6 Å². The Morgan fingerprint density at radius 2 is 1.86 bits per heavy atom. The van der Waals surface area contributed by atoms with E-state index in [0.717, 1.165) is 5.56 Å². The third-order valence-electron chi connectivity index (χ3n) is 3.41. The zero-order valence-corrected chi connectivity index (χ0v) is 13.0. The number of amides is 2. The van der Waals surface area contributed by atoms with Crippen molar-refractivity contribution in [1.29, 1.82) is 0 Å². The fourth-order valence-electron chi connectivity index (χ4n) is 2.24. The molecule has 7 nitrogen and oxygen atoms in total. The second-order valence-corrected chi connectivity index (χ2v) is 4.70. The Morgan fingerprint density at radius 1 is 1.27 bits per heavy atom. The Bertz CT molecular complexity index is 539. The van der Waals surface area contributed by atoms with Crippen LogP contribution in [-0.4, -0.2) is 35.9 Å². The minimum Gasteiger partial charge on any atom is -0.494 e. The number of carbonyl (C=O) groups is 2. The number of hydrazine groups is 1. The Balaban J connectivity index is 3.25. The van der Waals surface area contributed by atoms with Crippen LogP contribution in [0.15, 0.2) is 41.8 Å². The van der Waals surface area contributed by atoms with Crippen molar-refractivity contribution in [3.63, 3.8) is 0 Å². The molecule has 0 radical (unpaired) electrons. The summed E-state index contributed by atoms with van der Waals surface area (Å²) in [4.78, 5) is 25.1. The summed E-state index contributed by atoms with van der Waals surface area (Å²) >= 11 is 0. The Morgan fingerprint density at radius 3 is 2.32 bits per heavy atom. The van der Waals surface area contributed by atoms with Gasteiger partial charge in [0.25, 0.3) is 11.8 Å². The van der Waals surface area contributed by atoms with Crippen LogP contribution in [0.25, 0.3) is 0 Å². The number of carbonyl (C=O) groups excluding carboxylic acids is 2. The smallest absolute Gasteiger partial charge is 0.276 e. The molecule has 2 amide bonds. The lowest BCUT2D eigenvalue weighted by Gasteiger charge is -2.29. The first-order chi connectivity index (χ1) is 10.5. The van der Waals surface area contributed by atoms with Gasteiger partial charge in [0.1, 0.15) is 0 Å². The van der Waals surface area contributed by atoms with E-state index in [1.807, 2.05) is 42.7 Å². The molecule has 0 aliphatic heterocycles. The number of hydrogen-bond donors (Lipinski definition) is 4. The Labute approximate surface area is 129 Å². The van der Waals surface area contributed by atoms with E-state index in [0.29, 0.717) is 6.42 Å². The molecule has 5 N–H and O–H groups in total. The van der Waals surface area contributed by atoms with Gasteiger partial charge in [-0.2, -0.15) is 0 Å². The fourth-order valence-corrected chi connectivity index (χ4v) is 2.24. The minimum atomic E-state index is -0.855. The van der Waals surface area contributed by atoms with Gasteiger partial charge in [-0.15, -0.1) is 0 Å². The van der Waals surface area contributed by atoms with E-state index in [1.165, 1.54) is 11.9 Å². The van der Waals surface area contributed by atoms with Crippen molar-refractivity contribution in [2.24, 2.45) is 5.84 Å². The molecule has 0 fully saturated rings. The average molecular weight is 306 g/mol. The zero-order valence-electron chi connectivity index (χ0n) is 13.0. The lowest BCUT2D eigenvalue weighted by Crippen LogP contribution is -2.40. The van der Waals surface area contributed by atoms with Crippen molar-refractivity contribution in [2.45, 2.75) is 19.4 Å². The summed E-state index contributed by atoms with van der Waals surface area (Å²) in [5.41, 5.74) is 2.40. The van der Waals surface area contributed by atoms with Crippen LogP contribution in [-0.2, 0) is 9.59 Å². The van der Waals surface area contributed by atoms with Gasteiger partial charge in [0, 0.05) is 14.1 Å². The van der Waals surface area contributed by atoms with Crippen LogP contribution in [0.2, 0.25) is 0 Å². The summed E-state index contributed by atoms with van der Waals surface area (Å²) in [5.74, 6) is 3.08. The summed E-state index contributed by atoms with van der Waals surface area (Å²) in [5, 5.41) is 12.7. The predicted molar refractivity (Wildman–Crippen MR) is 83.3 cm³/mol. The first-order valence-electron chi connectivity index (χ1n) is 6.91. The van der Waals surface area contributed by atoms with Gasteiger partial charge >= 0.3 is 0 Å². The number of nitrogens with two attached hydrogens (primary N) is 1. The maximum Gasteiger partial charge on any atom is 0.276 e. The second-order valence-electron chi connectivity index (χ2n) is 4.70. The molecular weight excluding hydrogens is 284 g/mol. The van der Waals surface area contributed by atoms with Gasteiger partial charge in [-0.3, -0.25) is 15.0 Å². The second kappa shape index (κ2) is 8.04. The molecule has 1 aromatic rings. The molecule has 0 unspecified atom stereocenters. The maximum absolute atomic E-state index is 11.8. The lowest BCUT2D eigenvalue weighted by atomic mass is 10.0. The summed E-state index contributed by atoms with van der Waals surface area (Å²) in [6.45, 7) is 1.95. The van der Waals surface area contributed by atoms with E-state index in [2.05, 4.69) is 5.32 Å². The van der Waals surface area contributed by atoms with E-state index in [4.69, 9.17) is 5.84 Å². The van der Waals surface area contributed by atoms with Crippen molar-refractivity contribution in [3.8, 4) is 0 Å². The number of likely N-dealkylation sites (N-methyl/N-ethyl adjacent to an activating group) is 1. The molecule has 0 aliphatic rings. The largest absolute Gasteiger partial charge is 0.494 e. The molecule has 0 saturated carbocycles. The van der Waals surface area contributed by atoms with Crippen molar-refractivity contribution >= 4 is 11.8 Å². The highest BCUT2D eigenvalue weighted by Crippen LogP contribution is 2.26. The molecule has 7 heteroatoms. The highest BCUT2D eigenvalue weighted by Gasteiger charge is 2.27. The highest BCUT2D eigenvalue weighted by atomic mass is 16.3. The van der Waals surface area contributed by atoms with Crippen LogP contribution in [0.3, 0.4) is 0 Å². The number of hydrogen-bond acceptors (Lipinski definition) is 5. The number of benzene rings is 1. The van der Waals surface area contributed by atoms with Crippen LogP contribution < -0.4 is 16.6 Å². The van der Waals surface area contributed by atoms with E-state index in [1.54, 1.807) is 7.05 Å². The van der Waals surface area contributed by atoms with Crippen LogP contribution in [0.1, 0.15) is 24.9 Å². The van der Waals surface area contributed by atoms with E-state index < -0.39 is 23.3 Å². The number of rotatable bonds is 6. The van der Waals surface area contributed by atoms with Crippen LogP contribution in [0.4, 0.5) is 0 Å². The molecular formula is C15H22N4O3. The number of nitrogens with zero attached hydrogens (tertiary/aromatic N) is 1. The molecule has 1 rings (SSSR count). The van der Waals surface area contributed by atoms with Crippen LogP contribution >= 0.6 is 0 Å². The van der Waals surface area contributed by atoms with Crippen LogP contribution in [0, 0.1) is 0 Å². The van der Waals surface area contributed by atoms with Gasteiger partial charge in [0.2, 0.25) is 5.88 Å². The van der Waals surface area contributed by atoms with Gasteiger partial charge in [0.05, 0.1) is 6.04 Å². The monoisotopic (exact) mass is 306 g/mol. The summed E-state index contributed by atoms with van der Waals surface area (Å²) in [7, 11) is 2.98. The minimum absolute atomic E-state index is 0.188. The van der Waals surface area contributed by atoms with E-state index >= 15 is 0 Å². The predicted octanol–water partition coefficient (Wildman–Crippen LogP) is 0.575. The molecule has 120 valence electrons. The van der Waals surface area contributed by atoms with Gasteiger partial charge in [0.15, 0.2) is 5.57 Å². The van der Waals surface area contributed by atoms with Crippen molar-refractivity contribution in [2.75, 3.05) is 14.1 Å². The molecule has 0 aliphatic carbocycles. The maximum atomic E-state index is 11.8. The summed E-state index contributed by atoms with van der Waals surface area (Å²) < 4.78 is 0. The van der Waals surface area contributed by atoms with Crippen LogP contribution in [0.5, 0.6) is 0 Å². The van der Waals surface area contributed by atoms with E-state index in [9.17, 15) is 14.7 Å². The fraction of sp³-hybridized carbons (Fsp3) is 0.333. The molecule has 1 atom stereocenters. The standard InChI is InChI=1S/C15H22N4O3/c1-4-11(10-8-6-5-7-9-10)19(3)15(22)12(13(20)17-2)14(21)18-16/h5-9,11,22H,4,16H2,1-3H3,(H,17,20)(H,18,21)/t11-/m0/s1. The third kappa shape index (κ3) is 3.76. The Kier molecular flexibility index (Phi) is 6.40. The van der Waals surface area contributed by atoms with Gasteiger partial charge in [-0.05, 0) is 12.0 Å². The first-order valence-corrected chi connectivity index (χ1v) is 6.91. The number of nitrogens with one attached hydrogen (secondary N) is 2. The van der Waals surface area contributed by atoms with Gasteiger partial charge in [-0.1, -0.05) is 37.3 Å². The lowest BCUT2D eigenvalue weighted by molar-refractivity contribution is -0.124. The quantitative estimate of drug-likeness (QED) is 0.117. The molecule has 0 bridgehead atoms. The summed E-state index contributed by atoms with van der Waals surface area (Å²) in [6, 6.07) is 9.31. The molecule has 0 saturated heterocycles. The first kappa shape index (κ1) is 17.5. The normalized spacial score (nSPS) is 12.9. The van der Waals surface area contributed by atoms with Gasteiger partial charge < -0.3 is 15.3 Å². The van der Waals surface area contributed by atoms with E-state index in [-0.39, 0.29) is 6.04 Å². The molecule has 1 aromatic carbocycles. The molecule has 22 heavy (non-hydrogen) atoms. The SMILES string of the molecule is CC[C@@H](c1ccccc1)N(C)C(O)=C(C(=O)NC)C(=O)NN. The molecule has 0 heterocycles. The van der Waals surface area contributed by atoms with Crippen molar-refractivity contribution < 1.29 is 14.7 Å².